The number of nitriles is 1. The van der Waals surface area contributed by atoms with Crippen molar-refractivity contribution in [2.75, 3.05) is 0 Å². The van der Waals surface area contributed by atoms with E-state index in [1.807, 2.05) is 27.7 Å². The van der Waals surface area contributed by atoms with Crippen molar-refractivity contribution in [3.63, 3.8) is 0 Å². The maximum atomic E-state index is 9.77. The van der Waals surface area contributed by atoms with E-state index in [2.05, 4.69) is 6.07 Å². The molecule has 1 rings (SSSR count). The van der Waals surface area contributed by atoms with Crippen LogP contribution in [0.5, 0.6) is 0 Å². The largest absolute Gasteiger partial charge is 0.313 e. The van der Waals surface area contributed by atoms with E-state index in [-0.39, 0.29) is 11.5 Å². The fourth-order valence-electron chi connectivity index (χ4n) is 1.97. The molecule has 1 N–H and O–H groups in total. The summed E-state index contributed by atoms with van der Waals surface area (Å²) in [6.45, 7) is 7.70. The van der Waals surface area contributed by atoms with Crippen LogP contribution in [0.4, 0.5) is 0 Å². The van der Waals surface area contributed by atoms with Gasteiger partial charge in [0.05, 0.1) is 17.5 Å². The molecule has 0 aliphatic carbocycles. The fraction of sp³-hybridized carbons (Fsp3) is 0.889. The van der Waals surface area contributed by atoms with Crippen LogP contribution in [0.25, 0.3) is 0 Å². The van der Waals surface area contributed by atoms with E-state index in [0.29, 0.717) is 0 Å². The highest BCUT2D eigenvalue weighted by molar-refractivity contribution is 5.09. The second-order valence-corrected chi connectivity index (χ2v) is 4.66. The van der Waals surface area contributed by atoms with Crippen LogP contribution < -0.4 is 0 Å². The lowest BCUT2D eigenvalue weighted by Crippen LogP contribution is -2.47. The van der Waals surface area contributed by atoms with Gasteiger partial charge in [0.25, 0.3) is 0 Å². The molecule has 3 nitrogen and oxygen atoms in total. The molecule has 0 saturated carbocycles. The first kappa shape index (κ1) is 9.50. The molecule has 68 valence electrons. The quantitative estimate of drug-likeness (QED) is 0.599. The van der Waals surface area contributed by atoms with Gasteiger partial charge in [-0.1, -0.05) is 0 Å². The topological polar surface area (TPSA) is 47.3 Å². The number of hydrogen-bond acceptors (Lipinski definition) is 3. The van der Waals surface area contributed by atoms with Gasteiger partial charge in [-0.3, -0.25) is 0 Å². The molecule has 1 heterocycles. The molecular weight excluding hydrogens is 152 g/mol. The molecule has 0 radical (unpaired) electrons. The lowest BCUT2D eigenvalue weighted by molar-refractivity contribution is -0.194. The van der Waals surface area contributed by atoms with Crippen LogP contribution in [-0.4, -0.2) is 21.3 Å². The minimum absolute atomic E-state index is 0.0856. The summed E-state index contributed by atoms with van der Waals surface area (Å²) < 4.78 is 0. The predicted octanol–water partition coefficient (Wildman–Crippen LogP) is 1.78. The Labute approximate surface area is 73.6 Å². The molecule has 1 saturated heterocycles. The zero-order valence-electron chi connectivity index (χ0n) is 8.13. The third kappa shape index (κ3) is 1.12. The standard InChI is InChI=1S/C9H16N2O/c1-8(2)5-7(6-10)9(3,4)11(8)12/h7,12H,5H2,1-4H3. The van der Waals surface area contributed by atoms with E-state index in [1.54, 1.807) is 0 Å². The average molecular weight is 168 g/mol. The van der Waals surface area contributed by atoms with E-state index >= 15 is 0 Å². The van der Waals surface area contributed by atoms with Crippen LogP contribution in [0, 0.1) is 17.2 Å². The Kier molecular flexibility index (Phi) is 1.94. The summed E-state index contributed by atoms with van der Waals surface area (Å²) >= 11 is 0. The van der Waals surface area contributed by atoms with Crippen molar-refractivity contribution in [2.45, 2.75) is 45.2 Å². The number of hydroxylamine groups is 2. The van der Waals surface area contributed by atoms with Gasteiger partial charge in [0.1, 0.15) is 0 Å². The van der Waals surface area contributed by atoms with Gasteiger partial charge in [-0.15, -0.1) is 0 Å². The predicted molar refractivity (Wildman–Crippen MR) is 45.5 cm³/mol. The summed E-state index contributed by atoms with van der Waals surface area (Å²) in [5.41, 5.74) is -0.692. The Morgan fingerprint density at radius 1 is 1.42 bits per heavy atom. The normalized spacial score (nSPS) is 33.2. The van der Waals surface area contributed by atoms with E-state index in [0.717, 1.165) is 6.42 Å². The third-order valence-electron chi connectivity index (χ3n) is 2.83. The third-order valence-corrected chi connectivity index (χ3v) is 2.83. The van der Waals surface area contributed by atoms with E-state index in [1.165, 1.54) is 5.06 Å². The van der Waals surface area contributed by atoms with E-state index in [9.17, 15) is 5.21 Å². The highest BCUT2D eigenvalue weighted by Crippen LogP contribution is 2.42. The summed E-state index contributed by atoms with van der Waals surface area (Å²) in [4.78, 5) is 0. The zero-order valence-corrected chi connectivity index (χ0v) is 8.13. The minimum atomic E-state index is -0.418. The lowest BCUT2D eigenvalue weighted by atomic mass is 9.88. The molecule has 0 amide bonds. The van der Waals surface area contributed by atoms with Crippen LogP contribution in [0.2, 0.25) is 0 Å². The van der Waals surface area contributed by atoms with Gasteiger partial charge in [-0.25, -0.2) is 0 Å². The van der Waals surface area contributed by atoms with Gasteiger partial charge in [0.2, 0.25) is 0 Å². The molecule has 1 atom stereocenters. The molecular formula is C9H16N2O. The minimum Gasteiger partial charge on any atom is -0.313 e. The van der Waals surface area contributed by atoms with Crippen LogP contribution in [0.1, 0.15) is 34.1 Å². The van der Waals surface area contributed by atoms with Gasteiger partial charge in [0, 0.05) is 5.54 Å². The molecule has 1 unspecified atom stereocenters. The number of nitrogens with zero attached hydrogens (tertiary/aromatic N) is 2. The van der Waals surface area contributed by atoms with Gasteiger partial charge in [-0.2, -0.15) is 10.3 Å². The van der Waals surface area contributed by atoms with Crippen molar-refractivity contribution in [3.05, 3.63) is 0 Å². The molecule has 3 heteroatoms. The van der Waals surface area contributed by atoms with Crippen LogP contribution in [0.3, 0.4) is 0 Å². The molecule has 12 heavy (non-hydrogen) atoms. The highest BCUT2D eigenvalue weighted by atomic mass is 16.5. The molecule has 0 aromatic heterocycles. The highest BCUT2D eigenvalue weighted by Gasteiger charge is 2.51. The monoisotopic (exact) mass is 168 g/mol. The van der Waals surface area contributed by atoms with Gasteiger partial charge in [0.15, 0.2) is 0 Å². The van der Waals surface area contributed by atoms with Gasteiger partial charge < -0.3 is 5.21 Å². The second-order valence-electron chi connectivity index (χ2n) is 4.66. The Morgan fingerprint density at radius 2 is 1.92 bits per heavy atom. The summed E-state index contributed by atoms with van der Waals surface area (Å²) in [6, 6.07) is 2.24. The lowest BCUT2D eigenvalue weighted by Gasteiger charge is -2.34. The zero-order chi connectivity index (χ0) is 9.57. The summed E-state index contributed by atoms with van der Waals surface area (Å²) in [7, 11) is 0. The Bertz CT molecular complexity index is 227. The van der Waals surface area contributed by atoms with Gasteiger partial charge >= 0.3 is 0 Å². The number of hydrogen-bond donors (Lipinski definition) is 1. The first-order chi connectivity index (χ1) is 5.32. The van der Waals surface area contributed by atoms with Crippen molar-refractivity contribution < 1.29 is 5.21 Å². The Hall–Kier alpha value is -0.590. The molecule has 1 aliphatic heterocycles. The van der Waals surface area contributed by atoms with Crippen LogP contribution >= 0.6 is 0 Å². The molecule has 0 aromatic carbocycles. The average Bonchev–Trinajstić information content (AvgIpc) is 2.11. The van der Waals surface area contributed by atoms with Crippen molar-refractivity contribution >= 4 is 0 Å². The maximum Gasteiger partial charge on any atom is 0.0683 e. The fourth-order valence-corrected chi connectivity index (χ4v) is 1.97. The van der Waals surface area contributed by atoms with Gasteiger partial charge in [-0.05, 0) is 34.1 Å². The number of rotatable bonds is 0. The summed E-state index contributed by atoms with van der Waals surface area (Å²) in [6.07, 6.45) is 0.729. The van der Waals surface area contributed by atoms with Crippen molar-refractivity contribution in [1.82, 2.24) is 5.06 Å². The smallest absolute Gasteiger partial charge is 0.0683 e. The Balaban J connectivity index is 2.98. The molecule has 0 aromatic rings. The summed E-state index contributed by atoms with van der Waals surface area (Å²) in [5.74, 6) is -0.0856. The maximum absolute atomic E-state index is 9.77. The summed E-state index contributed by atoms with van der Waals surface area (Å²) in [5, 5.41) is 19.9. The van der Waals surface area contributed by atoms with E-state index < -0.39 is 5.54 Å². The van der Waals surface area contributed by atoms with Crippen molar-refractivity contribution in [3.8, 4) is 6.07 Å². The second kappa shape index (κ2) is 2.45. The SMILES string of the molecule is CC1(C)CC(C#N)C(C)(C)N1O. The van der Waals surface area contributed by atoms with Crippen molar-refractivity contribution in [2.24, 2.45) is 5.92 Å². The molecule has 0 spiro atoms. The Morgan fingerprint density at radius 3 is 2.08 bits per heavy atom. The molecule has 1 fully saturated rings. The molecule has 0 bridgehead atoms. The van der Waals surface area contributed by atoms with Crippen LogP contribution in [-0.2, 0) is 0 Å². The first-order valence-corrected chi connectivity index (χ1v) is 4.21. The van der Waals surface area contributed by atoms with Crippen molar-refractivity contribution in [1.29, 1.82) is 5.26 Å². The van der Waals surface area contributed by atoms with Crippen LogP contribution in [0.15, 0.2) is 0 Å². The first-order valence-electron chi connectivity index (χ1n) is 4.21. The van der Waals surface area contributed by atoms with E-state index in [4.69, 9.17) is 5.26 Å². The molecule has 1 aliphatic rings.